The number of ether oxygens (including phenoxy) is 1. The fourth-order valence-electron chi connectivity index (χ4n) is 1.60. The van der Waals surface area contributed by atoms with E-state index < -0.39 is 11.9 Å². The minimum absolute atomic E-state index is 0.0669. The van der Waals surface area contributed by atoms with Crippen LogP contribution >= 0.6 is 11.6 Å². The Morgan fingerprint density at radius 3 is 3.05 bits per heavy atom. The molecule has 102 valence electrons. The van der Waals surface area contributed by atoms with Gasteiger partial charge in [0.25, 0.3) is 0 Å². The highest BCUT2D eigenvalue weighted by Crippen LogP contribution is 2.20. The molecule has 1 heterocycles. The zero-order valence-corrected chi connectivity index (χ0v) is 11.0. The molecule has 0 amide bonds. The summed E-state index contributed by atoms with van der Waals surface area (Å²) in [5.41, 5.74) is 6.15. The SMILES string of the molecule is COCC(N)c1nc(Cc2cccc(Cl)c2F)no1. The molecule has 1 unspecified atom stereocenters. The molecule has 0 bridgehead atoms. The number of methoxy groups -OCH3 is 1. The Morgan fingerprint density at radius 2 is 2.32 bits per heavy atom. The van der Waals surface area contributed by atoms with E-state index in [2.05, 4.69) is 10.1 Å². The average molecular weight is 286 g/mol. The number of halogens is 2. The molecule has 0 fully saturated rings. The summed E-state index contributed by atoms with van der Waals surface area (Å²) in [5, 5.41) is 3.82. The van der Waals surface area contributed by atoms with Gasteiger partial charge in [0.2, 0.25) is 5.89 Å². The van der Waals surface area contributed by atoms with E-state index in [4.69, 9.17) is 26.6 Å². The van der Waals surface area contributed by atoms with E-state index in [0.29, 0.717) is 11.4 Å². The van der Waals surface area contributed by atoms with Crippen molar-refractivity contribution >= 4 is 11.6 Å². The quantitative estimate of drug-likeness (QED) is 0.910. The highest BCUT2D eigenvalue weighted by Gasteiger charge is 2.16. The molecule has 0 aliphatic rings. The van der Waals surface area contributed by atoms with Crippen LogP contribution in [0.5, 0.6) is 0 Å². The molecule has 5 nitrogen and oxygen atoms in total. The number of hydrogen-bond donors (Lipinski definition) is 1. The van der Waals surface area contributed by atoms with Gasteiger partial charge in [0.1, 0.15) is 11.9 Å². The minimum atomic E-state index is -0.490. The fourth-order valence-corrected chi connectivity index (χ4v) is 1.79. The molecule has 0 radical (unpaired) electrons. The first-order valence-corrected chi connectivity index (χ1v) is 5.99. The van der Waals surface area contributed by atoms with Gasteiger partial charge in [-0.15, -0.1) is 0 Å². The Hall–Kier alpha value is -1.50. The largest absolute Gasteiger partial charge is 0.383 e. The summed E-state index contributed by atoms with van der Waals surface area (Å²) in [4.78, 5) is 4.10. The molecule has 1 aromatic heterocycles. The number of nitrogens with zero attached hydrogens (tertiary/aromatic N) is 2. The van der Waals surface area contributed by atoms with Crippen molar-refractivity contribution in [1.29, 1.82) is 0 Å². The summed E-state index contributed by atoms with van der Waals surface area (Å²) in [6.07, 6.45) is 0.190. The first kappa shape index (κ1) is 13.9. The second-order valence-electron chi connectivity index (χ2n) is 4.00. The molecule has 7 heteroatoms. The van der Waals surface area contributed by atoms with Gasteiger partial charge in [-0.1, -0.05) is 28.9 Å². The Balaban J connectivity index is 2.14. The van der Waals surface area contributed by atoms with E-state index >= 15 is 0 Å². The van der Waals surface area contributed by atoms with Crippen LogP contribution in [0.1, 0.15) is 23.3 Å². The predicted octanol–water partition coefficient (Wildman–Crippen LogP) is 2.10. The molecule has 2 N–H and O–H groups in total. The van der Waals surface area contributed by atoms with E-state index in [9.17, 15) is 4.39 Å². The van der Waals surface area contributed by atoms with Crippen molar-refractivity contribution in [3.63, 3.8) is 0 Å². The smallest absolute Gasteiger partial charge is 0.245 e. The van der Waals surface area contributed by atoms with Gasteiger partial charge in [-0.2, -0.15) is 4.98 Å². The Labute approximate surface area is 114 Å². The molecule has 1 atom stereocenters. The topological polar surface area (TPSA) is 74.2 Å². The van der Waals surface area contributed by atoms with Gasteiger partial charge < -0.3 is 15.0 Å². The Kier molecular flexibility index (Phi) is 4.47. The van der Waals surface area contributed by atoms with Crippen LogP contribution < -0.4 is 5.73 Å². The van der Waals surface area contributed by atoms with Crippen molar-refractivity contribution in [2.45, 2.75) is 12.5 Å². The van der Waals surface area contributed by atoms with Crippen molar-refractivity contribution < 1.29 is 13.7 Å². The monoisotopic (exact) mass is 285 g/mol. The average Bonchev–Trinajstić information content (AvgIpc) is 2.84. The second-order valence-corrected chi connectivity index (χ2v) is 4.41. The normalized spacial score (nSPS) is 12.6. The Bertz CT molecular complexity index is 562. The van der Waals surface area contributed by atoms with Crippen molar-refractivity contribution in [3.05, 3.63) is 46.3 Å². The van der Waals surface area contributed by atoms with Crippen molar-refractivity contribution in [2.24, 2.45) is 5.73 Å². The van der Waals surface area contributed by atoms with E-state index in [1.54, 1.807) is 12.1 Å². The highest BCUT2D eigenvalue weighted by molar-refractivity contribution is 6.30. The van der Waals surface area contributed by atoms with Crippen molar-refractivity contribution in [1.82, 2.24) is 10.1 Å². The number of rotatable bonds is 5. The summed E-state index contributed by atoms with van der Waals surface area (Å²) >= 11 is 5.70. The van der Waals surface area contributed by atoms with Crippen LogP contribution in [-0.4, -0.2) is 23.9 Å². The first-order valence-electron chi connectivity index (χ1n) is 5.61. The summed E-state index contributed by atoms with van der Waals surface area (Å²) < 4.78 is 23.6. The number of aromatic nitrogens is 2. The van der Waals surface area contributed by atoms with Gasteiger partial charge in [0, 0.05) is 13.5 Å². The van der Waals surface area contributed by atoms with E-state index in [1.807, 2.05) is 0 Å². The van der Waals surface area contributed by atoms with Crippen molar-refractivity contribution in [3.8, 4) is 0 Å². The zero-order valence-electron chi connectivity index (χ0n) is 10.3. The maximum Gasteiger partial charge on any atom is 0.245 e. The summed E-state index contributed by atoms with van der Waals surface area (Å²) in [7, 11) is 1.53. The van der Waals surface area contributed by atoms with Crippen LogP contribution in [0.15, 0.2) is 22.7 Å². The number of hydrogen-bond acceptors (Lipinski definition) is 5. The van der Waals surface area contributed by atoms with Crippen LogP contribution in [0.25, 0.3) is 0 Å². The van der Waals surface area contributed by atoms with Crippen LogP contribution in [-0.2, 0) is 11.2 Å². The van der Waals surface area contributed by atoms with Gasteiger partial charge in [0.05, 0.1) is 11.6 Å². The predicted molar refractivity (Wildman–Crippen MR) is 67.3 cm³/mol. The summed E-state index contributed by atoms with van der Waals surface area (Å²) in [5.74, 6) is 0.138. The Morgan fingerprint density at radius 1 is 1.53 bits per heavy atom. The van der Waals surface area contributed by atoms with E-state index in [-0.39, 0.29) is 23.9 Å². The van der Waals surface area contributed by atoms with E-state index in [0.717, 1.165) is 0 Å². The molecule has 0 saturated carbocycles. The fraction of sp³-hybridized carbons (Fsp3) is 0.333. The van der Waals surface area contributed by atoms with Crippen LogP contribution in [0.3, 0.4) is 0 Å². The van der Waals surface area contributed by atoms with Crippen LogP contribution in [0.4, 0.5) is 4.39 Å². The molecule has 1 aromatic carbocycles. The lowest BCUT2D eigenvalue weighted by Gasteiger charge is -2.03. The van der Waals surface area contributed by atoms with Gasteiger partial charge >= 0.3 is 0 Å². The van der Waals surface area contributed by atoms with E-state index in [1.165, 1.54) is 13.2 Å². The van der Waals surface area contributed by atoms with Gasteiger partial charge in [-0.3, -0.25) is 0 Å². The van der Waals surface area contributed by atoms with Gasteiger partial charge in [-0.25, -0.2) is 4.39 Å². The molecule has 0 spiro atoms. The third-order valence-electron chi connectivity index (χ3n) is 2.53. The highest BCUT2D eigenvalue weighted by atomic mass is 35.5. The molecular weight excluding hydrogens is 273 g/mol. The van der Waals surface area contributed by atoms with Gasteiger partial charge in [0.15, 0.2) is 5.82 Å². The van der Waals surface area contributed by atoms with Crippen molar-refractivity contribution in [2.75, 3.05) is 13.7 Å². The lowest BCUT2D eigenvalue weighted by atomic mass is 10.1. The summed E-state index contributed by atoms with van der Waals surface area (Å²) in [6.45, 7) is 0.271. The third-order valence-corrected chi connectivity index (χ3v) is 2.82. The zero-order chi connectivity index (χ0) is 13.8. The van der Waals surface area contributed by atoms with Crippen LogP contribution in [0.2, 0.25) is 5.02 Å². The van der Waals surface area contributed by atoms with Crippen LogP contribution in [0, 0.1) is 5.82 Å². The third kappa shape index (κ3) is 3.28. The first-order chi connectivity index (χ1) is 9.11. The molecule has 0 saturated heterocycles. The minimum Gasteiger partial charge on any atom is -0.383 e. The number of nitrogens with two attached hydrogens (primary N) is 1. The summed E-state index contributed by atoms with van der Waals surface area (Å²) in [6, 6.07) is 4.27. The maximum atomic E-state index is 13.7. The maximum absolute atomic E-state index is 13.7. The molecule has 2 rings (SSSR count). The lowest BCUT2D eigenvalue weighted by molar-refractivity contribution is 0.166. The second kappa shape index (κ2) is 6.10. The molecule has 2 aromatic rings. The standard InChI is InChI=1S/C12H13ClFN3O2/c1-18-6-9(15)12-16-10(17-19-12)5-7-3-2-4-8(13)11(7)14/h2-4,9H,5-6,15H2,1H3. The number of benzene rings is 1. The molecule has 0 aliphatic carbocycles. The lowest BCUT2D eigenvalue weighted by Crippen LogP contribution is -2.16. The van der Waals surface area contributed by atoms with Gasteiger partial charge in [-0.05, 0) is 11.6 Å². The molecule has 19 heavy (non-hydrogen) atoms. The molecular formula is C12H13ClFN3O2. The molecule has 0 aliphatic heterocycles.